The van der Waals surface area contributed by atoms with Crippen LogP contribution in [0.2, 0.25) is 0 Å². The van der Waals surface area contributed by atoms with E-state index in [1.165, 1.54) is 18.9 Å². The summed E-state index contributed by atoms with van der Waals surface area (Å²) in [5.74, 6) is -0.535. The number of nitrogens with one attached hydrogen (secondary N) is 2. The molecule has 0 radical (unpaired) electrons. The Hall–Kier alpha value is -4.41. The van der Waals surface area contributed by atoms with Gasteiger partial charge in [0.2, 0.25) is 5.91 Å². The van der Waals surface area contributed by atoms with Crippen LogP contribution in [0.25, 0.3) is 0 Å². The first-order chi connectivity index (χ1) is 16.4. The number of carbonyl (C=O) groups excluding carboxylic acids is 3. The molecule has 0 saturated heterocycles. The summed E-state index contributed by atoms with van der Waals surface area (Å²) in [6.07, 6.45) is 0. The van der Waals surface area contributed by atoms with Gasteiger partial charge in [-0.15, -0.1) is 5.10 Å². The Kier molecular flexibility index (Phi) is 7.80. The van der Waals surface area contributed by atoms with Crippen LogP contribution in [0, 0.1) is 6.92 Å². The number of methoxy groups -OCH3 is 2. The molecule has 178 valence electrons. The number of carbonyl (C=O) groups is 3. The van der Waals surface area contributed by atoms with Gasteiger partial charge in [-0.3, -0.25) is 9.59 Å². The summed E-state index contributed by atoms with van der Waals surface area (Å²) in [5, 5.41) is 13.2. The fraction of sp³-hybridized carbons (Fsp3) is 0.261. The lowest BCUT2D eigenvalue weighted by Crippen LogP contribution is -2.22. The molecular formula is C23H25N5O6. The van der Waals surface area contributed by atoms with Gasteiger partial charge in [0.25, 0.3) is 5.91 Å². The summed E-state index contributed by atoms with van der Waals surface area (Å²) in [7, 11) is 3.00. The second-order valence-electron chi connectivity index (χ2n) is 7.02. The van der Waals surface area contributed by atoms with Crippen LogP contribution in [0.4, 0.5) is 11.4 Å². The van der Waals surface area contributed by atoms with Crippen molar-refractivity contribution in [2.45, 2.75) is 20.4 Å². The molecule has 3 rings (SSSR count). The molecule has 34 heavy (non-hydrogen) atoms. The van der Waals surface area contributed by atoms with Crippen molar-refractivity contribution in [2.24, 2.45) is 0 Å². The maximum absolute atomic E-state index is 12.8. The summed E-state index contributed by atoms with van der Waals surface area (Å²) >= 11 is 0. The van der Waals surface area contributed by atoms with E-state index in [1.54, 1.807) is 56.3 Å². The molecule has 0 saturated carbocycles. The minimum absolute atomic E-state index is 0.0459. The van der Waals surface area contributed by atoms with Gasteiger partial charge < -0.3 is 24.8 Å². The molecule has 0 aliphatic rings. The molecule has 0 spiro atoms. The van der Waals surface area contributed by atoms with Crippen molar-refractivity contribution in [2.75, 3.05) is 31.5 Å². The summed E-state index contributed by atoms with van der Waals surface area (Å²) in [4.78, 5) is 37.5. The zero-order chi connectivity index (χ0) is 24.7. The molecule has 2 N–H and O–H groups in total. The highest BCUT2D eigenvalue weighted by Crippen LogP contribution is 2.29. The van der Waals surface area contributed by atoms with Crippen LogP contribution in [0.3, 0.4) is 0 Å². The van der Waals surface area contributed by atoms with Crippen LogP contribution in [0.15, 0.2) is 42.5 Å². The number of hydrogen-bond donors (Lipinski definition) is 2. The number of nitrogens with zero attached hydrogens (tertiary/aromatic N) is 3. The first-order valence-corrected chi connectivity index (χ1v) is 10.4. The van der Waals surface area contributed by atoms with Crippen LogP contribution >= 0.6 is 0 Å². The van der Waals surface area contributed by atoms with E-state index in [0.717, 1.165) is 0 Å². The normalized spacial score (nSPS) is 10.4. The van der Waals surface area contributed by atoms with Gasteiger partial charge in [-0.25, -0.2) is 9.48 Å². The molecule has 0 bridgehead atoms. The first kappa shape index (κ1) is 24.2. The van der Waals surface area contributed by atoms with E-state index in [4.69, 9.17) is 14.2 Å². The van der Waals surface area contributed by atoms with E-state index < -0.39 is 17.8 Å². The van der Waals surface area contributed by atoms with E-state index in [-0.39, 0.29) is 24.4 Å². The zero-order valence-electron chi connectivity index (χ0n) is 19.2. The Labute approximate surface area is 196 Å². The molecule has 3 aromatic rings. The number of amides is 2. The van der Waals surface area contributed by atoms with Crippen molar-refractivity contribution in [3.63, 3.8) is 0 Å². The molecule has 2 amide bonds. The molecule has 1 heterocycles. The van der Waals surface area contributed by atoms with Crippen LogP contribution in [-0.2, 0) is 16.1 Å². The van der Waals surface area contributed by atoms with Crippen molar-refractivity contribution in [1.82, 2.24) is 15.0 Å². The topological polar surface area (TPSA) is 134 Å². The number of hydrogen-bond acceptors (Lipinski definition) is 8. The third kappa shape index (κ3) is 5.49. The number of aromatic nitrogens is 3. The number of anilines is 2. The third-order valence-corrected chi connectivity index (χ3v) is 4.84. The van der Waals surface area contributed by atoms with Gasteiger partial charge in [-0.1, -0.05) is 17.3 Å². The Morgan fingerprint density at radius 3 is 2.47 bits per heavy atom. The number of esters is 1. The average Bonchev–Trinajstić information content (AvgIpc) is 3.19. The van der Waals surface area contributed by atoms with Crippen LogP contribution < -0.4 is 20.1 Å². The van der Waals surface area contributed by atoms with Gasteiger partial charge in [0.05, 0.1) is 43.5 Å². The second kappa shape index (κ2) is 10.9. The SMILES string of the molecule is CCOC(=O)c1ccccc1NC(=O)Cn1nnc(C(=O)Nc2cc(OC)ccc2OC)c1C. The molecule has 1 aromatic heterocycles. The molecule has 0 aliphatic carbocycles. The van der Waals surface area contributed by atoms with Gasteiger partial charge in [0, 0.05) is 6.07 Å². The summed E-state index contributed by atoms with van der Waals surface area (Å²) < 4.78 is 16.8. The lowest BCUT2D eigenvalue weighted by molar-refractivity contribution is -0.117. The number of rotatable bonds is 9. The quantitative estimate of drug-likeness (QED) is 0.459. The Morgan fingerprint density at radius 1 is 1.00 bits per heavy atom. The largest absolute Gasteiger partial charge is 0.497 e. The minimum atomic E-state index is -0.540. The van der Waals surface area contributed by atoms with E-state index in [2.05, 4.69) is 20.9 Å². The van der Waals surface area contributed by atoms with Crippen LogP contribution in [0.1, 0.15) is 33.5 Å². The maximum atomic E-state index is 12.8. The highest BCUT2D eigenvalue weighted by molar-refractivity contribution is 6.04. The third-order valence-electron chi connectivity index (χ3n) is 4.84. The number of para-hydroxylation sites is 1. The van der Waals surface area contributed by atoms with Crippen molar-refractivity contribution in [3.05, 3.63) is 59.4 Å². The predicted molar refractivity (Wildman–Crippen MR) is 123 cm³/mol. The molecule has 11 nitrogen and oxygen atoms in total. The monoisotopic (exact) mass is 467 g/mol. The lowest BCUT2D eigenvalue weighted by atomic mass is 10.2. The van der Waals surface area contributed by atoms with E-state index >= 15 is 0 Å². The van der Waals surface area contributed by atoms with Gasteiger partial charge in [-0.05, 0) is 38.1 Å². The average molecular weight is 467 g/mol. The molecular weight excluding hydrogens is 442 g/mol. The van der Waals surface area contributed by atoms with Gasteiger partial charge in [0.15, 0.2) is 5.69 Å². The van der Waals surface area contributed by atoms with Crippen LogP contribution in [-0.4, -0.2) is 53.6 Å². The highest BCUT2D eigenvalue weighted by atomic mass is 16.5. The summed E-state index contributed by atoms with van der Waals surface area (Å²) in [6, 6.07) is 11.5. The molecule has 0 fully saturated rings. The van der Waals surface area contributed by atoms with Gasteiger partial charge in [-0.2, -0.15) is 0 Å². The van der Waals surface area contributed by atoms with E-state index in [9.17, 15) is 14.4 Å². The van der Waals surface area contributed by atoms with Crippen LogP contribution in [0.5, 0.6) is 11.5 Å². The Balaban J connectivity index is 1.72. The fourth-order valence-electron chi connectivity index (χ4n) is 3.12. The van der Waals surface area contributed by atoms with Crippen molar-refractivity contribution in [1.29, 1.82) is 0 Å². The molecule has 2 aromatic carbocycles. The van der Waals surface area contributed by atoms with Crippen molar-refractivity contribution in [3.8, 4) is 11.5 Å². The molecule has 11 heteroatoms. The standard InChI is InChI=1S/C23H25N5O6/c1-5-34-23(31)16-8-6-7-9-17(16)24-20(29)13-28-14(2)21(26-27-28)22(30)25-18-12-15(32-3)10-11-19(18)33-4/h6-12H,5,13H2,1-4H3,(H,24,29)(H,25,30). The van der Waals surface area contributed by atoms with Crippen molar-refractivity contribution >= 4 is 29.2 Å². The molecule has 0 aliphatic heterocycles. The molecule has 0 unspecified atom stereocenters. The maximum Gasteiger partial charge on any atom is 0.340 e. The van der Waals surface area contributed by atoms with E-state index in [1.807, 2.05) is 0 Å². The second-order valence-corrected chi connectivity index (χ2v) is 7.02. The number of ether oxygens (including phenoxy) is 3. The smallest absolute Gasteiger partial charge is 0.340 e. The summed E-state index contributed by atoms with van der Waals surface area (Å²) in [6.45, 7) is 3.32. The minimum Gasteiger partial charge on any atom is -0.497 e. The first-order valence-electron chi connectivity index (χ1n) is 10.4. The highest BCUT2D eigenvalue weighted by Gasteiger charge is 2.20. The zero-order valence-corrected chi connectivity index (χ0v) is 19.2. The fourth-order valence-corrected chi connectivity index (χ4v) is 3.12. The Bertz CT molecular complexity index is 1210. The van der Waals surface area contributed by atoms with Crippen molar-refractivity contribution < 1.29 is 28.6 Å². The molecule has 0 atom stereocenters. The predicted octanol–water partition coefficient (Wildman–Crippen LogP) is 2.67. The Morgan fingerprint density at radius 2 is 1.76 bits per heavy atom. The van der Waals surface area contributed by atoms with E-state index in [0.29, 0.717) is 28.6 Å². The lowest BCUT2D eigenvalue weighted by Gasteiger charge is -2.11. The van der Waals surface area contributed by atoms with Gasteiger partial charge >= 0.3 is 5.97 Å². The number of benzene rings is 2. The van der Waals surface area contributed by atoms with Gasteiger partial charge in [0.1, 0.15) is 18.0 Å². The summed E-state index contributed by atoms with van der Waals surface area (Å²) in [5.41, 5.74) is 1.37.